The summed E-state index contributed by atoms with van der Waals surface area (Å²) in [7, 11) is 1.34. The Balaban J connectivity index is 1.78. The van der Waals surface area contributed by atoms with Gasteiger partial charge in [-0.2, -0.15) is 5.26 Å². The number of aryl methyl sites for hydroxylation is 2. The molecule has 5 nitrogen and oxygen atoms in total. The third kappa shape index (κ3) is 4.27. The molecular weight excluding hydrogens is 370 g/mol. The number of ether oxygens (including phenoxy) is 1. The molecule has 28 heavy (non-hydrogen) atoms. The minimum Gasteiger partial charge on any atom is -0.465 e. The lowest BCUT2D eigenvalue weighted by atomic mass is 10.1. The number of nitrogens with one attached hydrogen (secondary N) is 1. The summed E-state index contributed by atoms with van der Waals surface area (Å²) in [5.41, 5.74) is 6.00. The molecule has 0 unspecified atom stereocenters. The number of benzene rings is 2. The number of carbonyl (C=O) groups excluding carboxylic acids is 1. The molecule has 0 fully saturated rings. The second-order valence-electron chi connectivity index (χ2n) is 6.22. The van der Waals surface area contributed by atoms with Gasteiger partial charge >= 0.3 is 5.97 Å². The number of anilines is 1. The van der Waals surface area contributed by atoms with E-state index in [2.05, 4.69) is 47.1 Å². The van der Waals surface area contributed by atoms with Crippen molar-refractivity contribution in [3.8, 4) is 17.3 Å². The first-order valence-corrected chi connectivity index (χ1v) is 9.48. The molecule has 0 saturated heterocycles. The number of rotatable bonds is 5. The Hall–Kier alpha value is -3.43. The van der Waals surface area contributed by atoms with Gasteiger partial charge in [0.25, 0.3) is 0 Å². The lowest BCUT2D eigenvalue weighted by Gasteiger charge is -2.03. The molecule has 1 heterocycles. The molecule has 0 bridgehead atoms. The lowest BCUT2D eigenvalue weighted by molar-refractivity contribution is 0.0601. The fraction of sp³-hybridized carbons (Fsp3) is 0.136. The normalized spacial score (nSPS) is 11.0. The van der Waals surface area contributed by atoms with Crippen LogP contribution in [0.2, 0.25) is 0 Å². The lowest BCUT2D eigenvalue weighted by Crippen LogP contribution is -2.00. The molecule has 0 saturated carbocycles. The topological polar surface area (TPSA) is 75.0 Å². The van der Waals surface area contributed by atoms with Crippen LogP contribution in [-0.4, -0.2) is 18.1 Å². The Morgan fingerprint density at radius 2 is 1.93 bits per heavy atom. The quantitative estimate of drug-likeness (QED) is 0.480. The Morgan fingerprint density at radius 3 is 2.57 bits per heavy atom. The van der Waals surface area contributed by atoms with Crippen LogP contribution in [-0.2, 0) is 4.74 Å². The van der Waals surface area contributed by atoms with Crippen molar-refractivity contribution in [2.24, 2.45) is 0 Å². The summed E-state index contributed by atoms with van der Waals surface area (Å²) in [5.74, 6) is -0.388. The first-order chi connectivity index (χ1) is 13.5. The molecule has 1 N–H and O–H groups in total. The van der Waals surface area contributed by atoms with Crippen molar-refractivity contribution < 1.29 is 9.53 Å². The van der Waals surface area contributed by atoms with Gasteiger partial charge in [0, 0.05) is 22.8 Å². The zero-order valence-corrected chi connectivity index (χ0v) is 16.6. The monoisotopic (exact) mass is 389 g/mol. The van der Waals surface area contributed by atoms with Crippen LogP contribution < -0.4 is 5.32 Å². The van der Waals surface area contributed by atoms with Crippen LogP contribution >= 0.6 is 11.3 Å². The summed E-state index contributed by atoms with van der Waals surface area (Å²) in [6, 6.07) is 15.2. The second kappa shape index (κ2) is 8.51. The fourth-order valence-corrected chi connectivity index (χ4v) is 3.34. The molecule has 1 aromatic heterocycles. The first-order valence-electron chi connectivity index (χ1n) is 8.60. The number of hydrogen-bond acceptors (Lipinski definition) is 6. The largest absolute Gasteiger partial charge is 0.465 e. The van der Waals surface area contributed by atoms with E-state index in [1.807, 2.05) is 11.4 Å². The first kappa shape index (κ1) is 19.3. The van der Waals surface area contributed by atoms with Gasteiger partial charge in [-0.15, -0.1) is 11.3 Å². The van der Waals surface area contributed by atoms with E-state index >= 15 is 0 Å². The van der Waals surface area contributed by atoms with Gasteiger partial charge in [0.05, 0.1) is 18.4 Å². The molecule has 0 aliphatic carbocycles. The Kier molecular flexibility index (Phi) is 5.87. The minimum absolute atomic E-state index is 0.388. The van der Waals surface area contributed by atoms with Crippen LogP contribution in [0.15, 0.2) is 54.0 Å². The fourth-order valence-electron chi connectivity index (χ4n) is 2.55. The Labute approximate surface area is 167 Å². The number of esters is 1. The van der Waals surface area contributed by atoms with Crippen molar-refractivity contribution in [1.82, 2.24) is 4.98 Å². The van der Waals surface area contributed by atoms with E-state index in [4.69, 9.17) is 0 Å². The number of carbonyl (C=O) groups is 1. The predicted molar refractivity (Wildman–Crippen MR) is 112 cm³/mol. The highest BCUT2D eigenvalue weighted by atomic mass is 32.1. The minimum atomic E-state index is -0.388. The van der Waals surface area contributed by atoms with E-state index in [0.29, 0.717) is 16.1 Å². The predicted octanol–water partition coefficient (Wildman–Crippen LogP) is 5.19. The molecule has 0 aliphatic rings. The summed E-state index contributed by atoms with van der Waals surface area (Å²) in [6.07, 6.45) is 1.62. The van der Waals surface area contributed by atoms with Crippen LogP contribution in [0.4, 0.5) is 5.69 Å². The van der Waals surface area contributed by atoms with Crippen LogP contribution in [0.5, 0.6) is 0 Å². The Bertz CT molecular complexity index is 1080. The molecular formula is C22H19N3O2S. The molecule has 6 heteroatoms. The summed E-state index contributed by atoms with van der Waals surface area (Å²) >= 11 is 1.43. The van der Waals surface area contributed by atoms with Gasteiger partial charge in [0.1, 0.15) is 16.6 Å². The molecule has 0 aliphatic heterocycles. The van der Waals surface area contributed by atoms with Crippen molar-refractivity contribution in [2.75, 3.05) is 12.4 Å². The van der Waals surface area contributed by atoms with E-state index in [1.54, 1.807) is 30.5 Å². The Morgan fingerprint density at radius 1 is 1.18 bits per heavy atom. The maximum atomic E-state index is 11.5. The number of nitriles is 1. The van der Waals surface area contributed by atoms with Gasteiger partial charge in [-0.3, -0.25) is 0 Å². The van der Waals surface area contributed by atoms with Crippen molar-refractivity contribution in [2.45, 2.75) is 13.8 Å². The highest BCUT2D eigenvalue weighted by Gasteiger charge is 2.10. The van der Waals surface area contributed by atoms with Gasteiger partial charge in [-0.05, 0) is 55.3 Å². The number of thiazole rings is 1. The number of methoxy groups -OCH3 is 1. The molecule has 0 radical (unpaired) electrons. The third-order valence-electron chi connectivity index (χ3n) is 4.35. The van der Waals surface area contributed by atoms with E-state index in [1.165, 1.54) is 29.6 Å². The zero-order chi connectivity index (χ0) is 20.1. The van der Waals surface area contributed by atoms with Gasteiger partial charge in [-0.25, -0.2) is 9.78 Å². The molecule has 0 spiro atoms. The van der Waals surface area contributed by atoms with Crippen molar-refractivity contribution >= 4 is 28.6 Å². The molecule has 2 aromatic carbocycles. The summed E-state index contributed by atoms with van der Waals surface area (Å²) in [6.45, 7) is 4.15. The van der Waals surface area contributed by atoms with E-state index in [0.717, 1.165) is 16.9 Å². The van der Waals surface area contributed by atoms with E-state index in [-0.39, 0.29) is 5.97 Å². The molecule has 3 rings (SSSR count). The summed E-state index contributed by atoms with van der Waals surface area (Å²) in [4.78, 5) is 16.1. The standard InChI is InChI=1S/C22H19N3O2S/c1-14-4-5-17(10-15(14)2)20-13-28-21(25-20)18(11-23)12-24-19-8-6-16(7-9-19)22(26)27-3/h4-10,12-13,24H,1-3H3/b18-12+. The maximum Gasteiger partial charge on any atom is 0.337 e. The number of hydrogen-bond donors (Lipinski definition) is 1. The summed E-state index contributed by atoms with van der Waals surface area (Å²) < 4.78 is 4.68. The van der Waals surface area contributed by atoms with Crippen molar-refractivity contribution in [3.63, 3.8) is 0 Å². The number of allylic oxidation sites excluding steroid dienone is 1. The molecule has 140 valence electrons. The van der Waals surface area contributed by atoms with Crippen LogP contribution in [0.25, 0.3) is 16.8 Å². The van der Waals surface area contributed by atoms with Crippen LogP contribution in [0, 0.1) is 25.2 Å². The van der Waals surface area contributed by atoms with Crippen LogP contribution in [0.3, 0.4) is 0 Å². The molecule has 3 aromatic rings. The zero-order valence-electron chi connectivity index (χ0n) is 15.8. The van der Waals surface area contributed by atoms with Gasteiger partial charge in [0.15, 0.2) is 0 Å². The highest BCUT2D eigenvalue weighted by molar-refractivity contribution is 7.11. The van der Waals surface area contributed by atoms with E-state index in [9.17, 15) is 10.1 Å². The average molecular weight is 389 g/mol. The van der Waals surface area contributed by atoms with Crippen molar-refractivity contribution in [3.05, 3.63) is 75.7 Å². The second-order valence-corrected chi connectivity index (χ2v) is 7.08. The van der Waals surface area contributed by atoms with Gasteiger partial charge < -0.3 is 10.1 Å². The third-order valence-corrected chi connectivity index (χ3v) is 5.22. The summed E-state index contributed by atoms with van der Waals surface area (Å²) in [5, 5.41) is 15.2. The SMILES string of the molecule is COC(=O)c1ccc(N/C=C(\C#N)c2nc(-c3ccc(C)c(C)c3)cs2)cc1. The van der Waals surface area contributed by atoms with Gasteiger partial charge in [0.2, 0.25) is 0 Å². The molecule has 0 amide bonds. The average Bonchev–Trinajstić information content (AvgIpc) is 3.20. The molecule has 0 atom stereocenters. The van der Waals surface area contributed by atoms with Gasteiger partial charge in [-0.1, -0.05) is 12.1 Å². The van der Waals surface area contributed by atoms with Crippen molar-refractivity contribution in [1.29, 1.82) is 5.26 Å². The number of aromatic nitrogens is 1. The van der Waals surface area contributed by atoms with Crippen LogP contribution in [0.1, 0.15) is 26.5 Å². The highest BCUT2D eigenvalue weighted by Crippen LogP contribution is 2.27. The number of nitrogens with zero attached hydrogens (tertiary/aromatic N) is 2. The maximum absolute atomic E-state index is 11.5. The van der Waals surface area contributed by atoms with E-state index < -0.39 is 0 Å². The smallest absolute Gasteiger partial charge is 0.337 e.